The average molecular weight is 291 g/mol. The first-order chi connectivity index (χ1) is 9.93. The second kappa shape index (κ2) is 8.45. The lowest BCUT2D eigenvalue weighted by molar-refractivity contribution is -0.143. The molecule has 1 aromatic rings. The van der Waals surface area contributed by atoms with Crippen LogP contribution < -0.4 is 5.32 Å². The van der Waals surface area contributed by atoms with E-state index in [1.54, 1.807) is 0 Å². The SMILES string of the molecule is CCC(C)C(NC(=O)CCCc1ccc(C)cc1)C(=O)O. The van der Waals surface area contributed by atoms with Gasteiger partial charge in [0.2, 0.25) is 5.91 Å². The fraction of sp³-hybridized carbons (Fsp3) is 0.529. The van der Waals surface area contributed by atoms with Crippen LogP contribution in [0.25, 0.3) is 0 Å². The van der Waals surface area contributed by atoms with Gasteiger partial charge < -0.3 is 10.4 Å². The van der Waals surface area contributed by atoms with Gasteiger partial charge in [-0.05, 0) is 31.2 Å². The van der Waals surface area contributed by atoms with Gasteiger partial charge in [-0.25, -0.2) is 4.79 Å². The summed E-state index contributed by atoms with van der Waals surface area (Å²) < 4.78 is 0. The van der Waals surface area contributed by atoms with Crippen molar-refractivity contribution in [3.8, 4) is 0 Å². The standard InChI is InChI=1S/C17H25NO3/c1-4-13(3)16(17(20)21)18-15(19)7-5-6-14-10-8-12(2)9-11-14/h8-11,13,16H,4-7H2,1-3H3,(H,18,19)(H,20,21). The van der Waals surface area contributed by atoms with Gasteiger partial charge in [0, 0.05) is 6.42 Å². The molecule has 4 heteroatoms. The minimum absolute atomic E-state index is 0.0662. The van der Waals surface area contributed by atoms with Crippen LogP contribution in [0.4, 0.5) is 0 Å². The predicted octanol–water partition coefficient (Wildman–Crippen LogP) is 2.93. The Morgan fingerprint density at radius 3 is 2.38 bits per heavy atom. The fourth-order valence-electron chi connectivity index (χ4n) is 2.14. The monoisotopic (exact) mass is 291 g/mol. The summed E-state index contributed by atoms with van der Waals surface area (Å²) in [5.74, 6) is -1.21. The Kier molecular flexibility index (Phi) is 6.92. The summed E-state index contributed by atoms with van der Waals surface area (Å²) in [7, 11) is 0. The number of aryl methyl sites for hydroxylation is 2. The second-order valence-corrected chi connectivity index (χ2v) is 5.61. The molecule has 2 N–H and O–H groups in total. The van der Waals surface area contributed by atoms with E-state index in [-0.39, 0.29) is 11.8 Å². The first-order valence-corrected chi connectivity index (χ1v) is 7.51. The van der Waals surface area contributed by atoms with Crippen LogP contribution in [0.5, 0.6) is 0 Å². The third-order valence-corrected chi connectivity index (χ3v) is 3.79. The first kappa shape index (κ1) is 17.2. The van der Waals surface area contributed by atoms with Crippen molar-refractivity contribution in [1.29, 1.82) is 0 Å². The number of rotatable bonds is 8. The summed E-state index contributed by atoms with van der Waals surface area (Å²) in [6.07, 6.45) is 2.63. The van der Waals surface area contributed by atoms with E-state index in [0.717, 1.165) is 19.3 Å². The van der Waals surface area contributed by atoms with Gasteiger partial charge in [-0.15, -0.1) is 0 Å². The molecule has 0 saturated carbocycles. The normalized spacial score (nSPS) is 13.5. The maximum Gasteiger partial charge on any atom is 0.326 e. The minimum Gasteiger partial charge on any atom is -0.480 e. The van der Waals surface area contributed by atoms with E-state index in [2.05, 4.69) is 29.6 Å². The van der Waals surface area contributed by atoms with Gasteiger partial charge >= 0.3 is 5.97 Å². The lowest BCUT2D eigenvalue weighted by atomic mass is 9.99. The van der Waals surface area contributed by atoms with Crippen molar-refractivity contribution in [3.05, 3.63) is 35.4 Å². The fourth-order valence-corrected chi connectivity index (χ4v) is 2.14. The number of carboxylic acid groups (broad SMARTS) is 1. The maximum absolute atomic E-state index is 11.8. The largest absolute Gasteiger partial charge is 0.480 e. The molecule has 0 aliphatic heterocycles. The summed E-state index contributed by atoms with van der Waals surface area (Å²) in [6.45, 7) is 5.80. The number of aliphatic carboxylic acids is 1. The van der Waals surface area contributed by atoms with Crippen LogP contribution in [0.15, 0.2) is 24.3 Å². The minimum atomic E-state index is -0.962. The van der Waals surface area contributed by atoms with Gasteiger partial charge in [0.25, 0.3) is 0 Å². The highest BCUT2D eigenvalue weighted by Crippen LogP contribution is 2.10. The smallest absolute Gasteiger partial charge is 0.326 e. The summed E-state index contributed by atoms with van der Waals surface area (Å²) in [6, 6.07) is 7.44. The number of carbonyl (C=O) groups excluding carboxylic acids is 1. The highest BCUT2D eigenvalue weighted by Gasteiger charge is 2.24. The van der Waals surface area contributed by atoms with Crippen LogP contribution in [0.1, 0.15) is 44.2 Å². The molecule has 0 aliphatic rings. The van der Waals surface area contributed by atoms with Crippen molar-refractivity contribution in [2.24, 2.45) is 5.92 Å². The van der Waals surface area contributed by atoms with Crippen molar-refractivity contribution in [2.45, 2.75) is 52.5 Å². The predicted molar refractivity (Wildman–Crippen MR) is 83.1 cm³/mol. The van der Waals surface area contributed by atoms with Gasteiger partial charge in [-0.1, -0.05) is 50.1 Å². The molecular formula is C17H25NO3. The number of hydrogen-bond donors (Lipinski definition) is 2. The van der Waals surface area contributed by atoms with E-state index in [1.165, 1.54) is 11.1 Å². The molecule has 21 heavy (non-hydrogen) atoms. The Hall–Kier alpha value is -1.84. The van der Waals surface area contributed by atoms with Crippen LogP contribution in [0.2, 0.25) is 0 Å². The Morgan fingerprint density at radius 2 is 1.86 bits per heavy atom. The van der Waals surface area contributed by atoms with Gasteiger partial charge in [0.1, 0.15) is 6.04 Å². The molecule has 1 amide bonds. The first-order valence-electron chi connectivity index (χ1n) is 7.51. The lowest BCUT2D eigenvalue weighted by Crippen LogP contribution is -2.44. The second-order valence-electron chi connectivity index (χ2n) is 5.61. The van der Waals surface area contributed by atoms with Crippen LogP contribution in [-0.4, -0.2) is 23.0 Å². The average Bonchev–Trinajstić information content (AvgIpc) is 2.45. The van der Waals surface area contributed by atoms with Gasteiger partial charge in [0.15, 0.2) is 0 Å². The number of carboxylic acids is 1. The number of hydrogen-bond acceptors (Lipinski definition) is 2. The van der Waals surface area contributed by atoms with Crippen molar-refractivity contribution < 1.29 is 14.7 Å². The molecule has 0 saturated heterocycles. The van der Waals surface area contributed by atoms with E-state index in [4.69, 9.17) is 5.11 Å². The van der Waals surface area contributed by atoms with E-state index in [0.29, 0.717) is 6.42 Å². The van der Waals surface area contributed by atoms with Crippen molar-refractivity contribution in [2.75, 3.05) is 0 Å². The molecule has 0 radical (unpaired) electrons. The van der Waals surface area contributed by atoms with E-state index in [9.17, 15) is 9.59 Å². The molecular weight excluding hydrogens is 266 g/mol. The Bertz CT molecular complexity index is 467. The topological polar surface area (TPSA) is 66.4 Å². The van der Waals surface area contributed by atoms with Gasteiger partial charge in [0.05, 0.1) is 0 Å². The summed E-state index contributed by atoms with van der Waals surface area (Å²) >= 11 is 0. The Balaban J connectivity index is 2.39. The van der Waals surface area contributed by atoms with E-state index in [1.807, 2.05) is 20.8 Å². The van der Waals surface area contributed by atoms with E-state index >= 15 is 0 Å². The van der Waals surface area contributed by atoms with Crippen molar-refractivity contribution in [1.82, 2.24) is 5.32 Å². The molecule has 1 rings (SSSR count). The third-order valence-electron chi connectivity index (χ3n) is 3.79. The maximum atomic E-state index is 11.8. The third kappa shape index (κ3) is 5.98. The zero-order valence-electron chi connectivity index (χ0n) is 13.1. The molecule has 116 valence electrons. The molecule has 0 aromatic heterocycles. The Morgan fingerprint density at radius 1 is 1.24 bits per heavy atom. The zero-order chi connectivity index (χ0) is 15.8. The van der Waals surface area contributed by atoms with Crippen molar-refractivity contribution >= 4 is 11.9 Å². The van der Waals surface area contributed by atoms with Crippen LogP contribution in [-0.2, 0) is 16.0 Å². The van der Waals surface area contributed by atoms with Gasteiger partial charge in [-0.2, -0.15) is 0 Å². The zero-order valence-corrected chi connectivity index (χ0v) is 13.1. The molecule has 0 fully saturated rings. The van der Waals surface area contributed by atoms with Crippen molar-refractivity contribution in [3.63, 3.8) is 0 Å². The van der Waals surface area contributed by atoms with Crippen LogP contribution in [0, 0.1) is 12.8 Å². The summed E-state index contributed by atoms with van der Waals surface area (Å²) in [5, 5.41) is 11.8. The molecule has 1 aromatic carbocycles. The van der Waals surface area contributed by atoms with E-state index < -0.39 is 12.0 Å². The summed E-state index contributed by atoms with van der Waals surface area (Å²) in [4.78, 5) is 23.0. The number of amides is 1. The number of benzene rings is 1. The quantitative estimate of drug-likeness (QED) is 0.774. The molecule has 2 unspecified atom stereocenters. The molecule has 4 nitrogen and oxygen atoms in total. The molecule has 0 aliphatic carbocycles. The lowest BCUT2D eigenvalue weighted by Gasteiger charge is -2.20. The van der Waals surface area contributed by atoms with Crippen LogP contribution in [0.3, 0.4) is 0 Å². The molecule has 0 heterocycles. The highest BCUT2D eigenvalue weighted by molar-refractivity contribution is 5.83. The molecule has 0 bridgehead atoms. The number of carbonyl (C=O) groups is 2. The van der Waals surface area contributed by atoms with Gasteiger partial charge in [-0.3, -0.25) is 4.79 Å². The Labute approximate surface area is 126 Å². The highest BCUT2D eigenvalue weighted by atomic mass is 16.4. The molecule has 0 spiro atoms. The number of nitrogens with one attached hydrogen (secondary N) is 1. The molecule has 2 atom stereocenters. The van der Waals surface area contributed by atoms with Crippen LogP contribution >= 0.6 is 0 Å². The summed E-state index contributed by atoms with van der Waals surface area (Å²) in [5.41, 5.74) is 2.42.